The third-order valence-electron chi connectivity index (χ3n) is 8.73. The lowest BCUT2D eigenvalue weighted by atomic mass is 9.93. The molecule has 9 rings (SSSR count). The van der Waals surface area contributed by atoms with Gasteiger partial charge in [-0.2, -0.15) is 0 Å². The van der Waals surface area contributed by atoms with Crippen molar-refractivity contribution in [2.75, 3.05) is 0 Å². The van der Waals surface area contributed by atoms with E-state index in [0.717, 1.165) is 0 Å². The zero-order valence-corrected chi connectivity index (χ0v) is 22.4. The van der Waals surface area contributed by atoms with Crippen LogP contribution >= 0.6 is 0 Å². The Morgan fingerprint density at radius 1 is 0.366 bits per heavy atom. The van der Waals surface area contributed by atoms with Gasteiger partial charge in [-0.05, 0) is 67.0 Å². The third-order valence-corrected chi connectivity index (χ3v) is 8.73. The fraction of sp³-hybridized carbons (Fsp3) is 0. The van der Waals surface area contributed by atoms with Crippen LogP contribution in [0.25, 0.3) is 81.7 Å². The molecule has 0 aliphatic carbocycles. The van der Waals surface area contributed by atoms with E-state index in [1.807, 2.05) is 0 Å². The summed E-state index contributed by atoms with van der Waals surface area (Å²) in [4.78, 5) is 0. The number of rotatable bonds is 2. The van der Waals surface area contributed by atoms with E-state index < -0.39 is 0 Å². The summed E-state index contributed by atoms with van der Waals surface area (Å²) in [6.45, 7) is 0. The molecule has 0 saturated heterocycles. The van der Waals surface area contributed by atoms with Gasteiger partial charge in [0, 0.05) is 21.8 Å². The van der Waals surface area contributed by atoms with Gasteiger partial charge in [0.15, 0.2) is 0 Å². The van der Waals surface area contributed by atoms with E-state index in [2.05, 4.69) is 156 Å². The van der Waals surface area contributed by atoms with Crippen molar-refractivity contribution in [1.82, 2.24) is 4.57 Å². The number of aromatic nitrogens is 1. The van der Waals surface area contributed by atoms with Crippen molar-refractivity contribution < 1.29 is 0 Å². The predicted octanol–water partition coefficient (Wildman–Crippen LogP) is 11.1. The third kappa shape index (κ3) is 3.18. The molecule has 0 spiro atoms. The second-order valence-corrected chi connectivity index (χ2v) is 10.9. The Labute approximate surface area is 237 Å². The molecule has 0 fully saturated rings. The molecule has 1 heteroatoms. The monoisotopic (exact) mass is 519 g/mol. The highest BCUT2D eigenvalue weighted by Gasteiger charge is 2.20. The van der Waals surface area contributed by atoms with Gasteiger partial charge in [0.2, 0.25) is 0 Å². The van der Waals surface area contributed by atoms with Gasteiger partial charge in [-0.3, -0.25) is 0 Å². The van der Waals surface area contributed by atoms with Gasteiger partial charge in [-0.1, -0.05) is 133 Å². The lowest BCUT2D eigenvalue weighted by Crippen LogP contribution is -1.96. The number of para-hydroxylation sites is 1. The highest BCUT2D eigenvalue weighted by Crippen LogP contribution is 2.44. The Hall–Kier alpha value is -5.40. The predicted molar refractivity (Wildman–Crippen MR) is 176 cm³/mol. The highest BCUT2D eigenvalue weighted by atomic mass is 15.0. The maximum absolute atomic E-state index is 2.49. The molecule has 0 aliphatic rings. The van der Waals surface area contributed by atoms with E-state index in [1.54, 1.807) is 0 Å². The standard InChI is InChI=1S/C40H25N/c1-3-16-30-26(11-1)13-10-21-31(30)28-14-9-15-29(25-28)41-37-22-8-7-20-35(37)39-34-19-6-5-18-33(34)38-32-17-4-2-12-27(32)23-24-36(38)40(39)41/h1-25H. The average molecular weight is 520 g/mol. The van der Waals surface area contributed by atoms with Gasteiger partial charge >= 0.3 is 0 Å². The van der Waals surface area contributed by atoms with Crippen molar-refractivity contribution in [3.8, 4) is 16.8 Å². The molecule has 0 aliphatic heterocycles. The molecule has 9 aromatic rings. The normalized spacial score (nSPS) is 11.9. The quantitative estimate of drug-likeness (QED) is 0.200. The number of hydrogen-bond acceptors (Lipinski definition) is 0. The number of nitrogens with zero attached hydrogens (tertiary/aromatic N) is 1. The minimum atomic E-state index is 1.17. The fourth-order valence-corrected chi connectivity index (χ4v) is 7.00. The molecule has 0 atom stereocenters. The number of fused-ring (bicyclic) bond motifs is 11. The minimum absolute atomic E-state index is 1.17. The topological polar surface area (TPSA) is 4.93 Å². The maximum atomic E-state index is 2.49. The second kappa shape index (κ2) is 8.55. The van der Waals surface area contributed by atoms with Crippen LogP contribution in [0.4, 0.5) is 0 Å². The second-order valence-electron chi connectivity index (χ2n) is 10.9. The van der Waals surface area contributed by atoms with E-state index in [4.69, 9.17) is 0 Å². The molecule has 1 aromatic heterocycles. The summed E-state index contributed by atoms with van der Waals surface area (Å²) in [5, 5.41) is 12.9. The summed E-state index contributed by atoms with van der Waals surface area (Å²) in [5.41, 5.74) is 6.14. The van der Waals surface area contributed by atoms with E-state index >= 15 is 0 Å². The number of hydrogen-bond donors (Lipinski definition) is 0. The first kappa shape index (κ1) is 22.4. The first-order valence-corrected chi connectivity index (χ1v) is 14.2. The van der Waals surface area contributed by atoms with Crippen molar-refractivity contribution in [2.24, 2.45) is 0 Å². The molecule has 0 unspecified atom stereocenters. The van der Waals surface area contributed by atoms with Gasteiger partial charge in [-0.25, -0.2) is 0 Å². The van der Waals surface area contributed by atoms with E-state index in [0.29, 0.717) is 0 Å². The van der Waals surface area contributed by atoms with E-state index in [9.17, 15) is 0 Å². The average Bonchev–Trinajstić information content (AvgIpc) is 3.40. The molecule has 0 amide bonds. The summed E-state index contributed by atoms with van der Waals surface area (Å²) in [7, 11) is 0. The first-order chi connectivity index (χ1) is 20.4. The van der Waals surface area contributed by atoms with Crippen molar-refractivity contribution in [3.63, 3.8) is 0 Å². The maximum Gasteiger partial charge on any atom is 0.0626 e. The Kier molecular flexibility index (Phi) is 4.67. The molecular weight excluding hydrogens is 494 g/mol. The van der Waals surface area contributed by atoms with E-state index in [1.165, 1.54) is 81.7 Å². The Balaban J connectivity index is 1.46. The largest absolute Gasteiger partial charge is 0.309 e. The van der Waals surface area contributed by atoms with Crippen LogP contribution in [0.1, 0.15) is 0 Å². The molecule has 1 heterocycles. The van der Waals surface area contributed by atoms with Crippen LogP contribution < -0.4 is 0 Å². The summed E-state index contributed by atoms with van der Waals surface area (Å²) >= 11 is 0. The molecule has 0 N–H and O–H groups in total. The molecule has 0 bridgehead atoms. The van der Waals surface area contributed by atoms with Crippen LogP contribution in [0.5, 0.6) is 0 Å². The molecule has 190 valence electrons. The van der Waals surface area contributed by atoms with Crippen LogP contribution in [0, 0.1) is 0 Å². The lowest BCUT2D eigenvalue weighted by molar-refractivity contribution is 1.19. The van der Waals surface area contributed by atoms with Gasteiger partial charge in [-0.15, -0.1) is 0 Å². The summed E-state index contributed by atoms with van der Waals surface area (Å²) in [6, 6.07) is 55.5. The van der Waals surface area contributed by atoms with Crippen LogP contribution in [-0.4, -0.2) is 4.57 Å². The Morgan fingerprint density at radius 2 is 0.976 bits per heavy atom. The zero-order valence-electron chi connectivity index (χ0n) is 22.4. The van der Waals surface area contributed by atoms with Crippen molar-refractivity contribution >= 4 is 64.9 Å². The van der Waals surface area contributed by atoms with Gasteiger partial charge in [0.1, 0.15) is 0 Å². The molecule has 41 heavy (non-hydrogen) atoms. The number of benzene rings is 8. The van der Waals surface area contributed by atoms with Crippen LogP contribution in [0.15, 0.2) is 152 Å². The first-order valence-electron chi connectivity index (χ1n) is 14.2. The van der Waals surface area contributed by atoms with E-state index in [-0.39, 0.29) is 0 Å². The molecule has 0 saturated carbocycles. The molecule has 1 nitrogen and oxygen atoms in total. The Bertz CT molecular complexity index is 2470. The SMILES string of the molecule is c1cc(-c2cccc3ccccc23)cc(-n2c3ccccc3c3c4ccccc4c4c5ccccc5ccc4c32)c1. The highest BCUT2D eigenvalue weighted by molar-refractivity contribution is 6.36. The smallest absolute Gasteiger partial charge is 0.0626 e. The van der Waals surface area contributed by atoms with Crippen molar-refractivity contribution in [3.05, 3.63) is 152 Å². The van der Waals surface area contributed by atoms with Crippen LogP contribution in [-0.2, 0) is 0 Å². The summed E-state index contributed by atoms with van der Waals surface area (Å²) < 4.78 is 2.49. The Morgan fingerprint density at radius 3 is 1.80 bits per heavy atom. The van der Waals surface area contributed by atoms with Crippen molar-refractivity contribution in [2.45, 2.75) is 0 Å². The fourth-order valence-electron chi connectivity index (χ4n) is 7.00. The van der Waals surface area contributed by atoms with Gasteiger partial charge < -0.3 is 4.57 Å². The molecule has 0 radical (unpaired) electrons. The molecular formula is C40H25N. The molecule has 8 aromatic carbocycles. The van der Waals surface area contributed by atoms with Crippen molar-refractivity contribution in [1.29, 1.82) is 0 Å². The van der Waals surface area contributed by atoms with Gasteiger partial charge in [0.05, 0.1) is 11.0 Å². The van der Waals surface area contributed by atoms with Gasteiger partial charge in [0.25, 0.3) is 0 Å². The minimum Gasteiger partial charge on any atom is -0.309 e. The lowest BCUT2D eigenvalue weighted by Gasteiger charge is -2.15. The van der Waals surface area contributed by atoms with Crippen LogP contribution in [0.3, 0.4) is 0 Å². The summed E-state index contributed by atoms with van der Waals surface area (Å²) in [6.07, 6.45) is 0. The summed E-state index contributed by atoms with van der Waals surface area (Å²) in [5.74, 6) is 0. The van der Waals surface area contributed by atoms with Crippen LogP contribution in [0.2, 0.25) is 0 Å². The zero-order chi connectivity index (χ0) is 26.9.